The maximum atomic E-state index is 12.3. The monoisotopic (exact) mass is 324 g/mol. The molecule has 1 amide bonds. The van der Waals surface area contributed by atoms with Crippen LogP contribution in [0.4, 0.5) is 5.82 Å². The third-order valence-corrected chi connectivity index (χ3v) is 3.62. The number of amides is 1. The molecule has 0 saturated carbocycles. The minimum absolute atomic E-state index is 0.289. The maximum Gasteiger partial charge on any atom is 0.256 e. The quantitative estimate of drug-likeness (QED) is 0.604. The number of benzene rings is 1. The Balaban J connectivity index is 1.59. The lowest BCUT2D eigenvalue weighted by atomic mass is 10.2. The first-order chi connectivity index (χ1) is 11.3. The van der Waals surface area contributed by atoms with E-state index >= 15 is 0 Å². The van der Waals surface area contributed by atoms with Crippen molar-refractivity contribution in [2.24, 2.45) is 0 Å². The number of aromatic nitrogens is 7. The molecule has 0 aliphatic rings. The van der Waals surface area contributed by atoms with E-state index in [1.54, 1.807) is 24.3 Å². The van der Waals surface area contributed by atoms with E-state index in [2.05, 4.69) is 34.1 Å². The van der Waals surface area contributed by atoms with Gasteiger partial charge in [0.15, 0.2) is 5.82 Å². The molecule has 0 bridgehead atoms. The van der Waals surface area contributed by atoms with Crippen molar-refractivity contribution in [2.45, 2.75) is 0 Å². The summed E-state index contributed by atoms with van der Waals surface area (Å²) in [5, 5.41) is 6.70. The molecule has 9 nitrogen and oxygen atoms in total. The Labute approximate surface area is 133 Å². The third kappa shape index (κ3) is 2.62. The van der Waals surface area contributed by atoms with Gasteiger partial charge in [0.05, 0.1) is 11.7 Å². The number of hydrogen-bond acceptors (Lipinski definition) is 8. The molecule has 3 aromatic heterocycles. The highest BCUT2D eigenvalue weighted by atomic mass is 32.1. The van der Waals surface area contributed by atoms with E-state index in [4.69, 9.17) is 0 Å². The van der Waals surface area contributed by atoms with Crippen molar-refractivity contribution in [2.75, 3.05) is 5.32 Å². The van der Waals surface area contributed by atoms with Gasteiger partial charge in [0.1, 0.15) is 35.8 Å². The lowest BCUT2D eigenvalue weighted by molar-refractivity contribution is 0.102. The Morgan fingerprint density at radius 1 is 1.09 bits per heavy atom. The second-order valence-corrected chi connectivity index (χ2v) is 5.05. The van der Waals surface area contributed by atoms with Crippen molar-refractivity contribution in [3.05, 3.63) is 48.8 Å². The van der Waals surface area contributed by atoms with Gasteiger partial charge >= 0.3 is 0 Å². The summed E-state index contributed by atoms with van der Waals surface area (Å²) in [6, 6.07) is 6.75. The van der Waals surface area contributed by atoms with Gasteiger partial charge in [-0.05, 0) is 18.2 Å². The molecule has 112 valence electrons. The second kappa shape index (κ2) is 5.50. The summed E-state index contributed by atoms with van der Waals surface area (Å²) in [6.45, 7) is 0. The normalized spacial score (nSPS) is 10.8. The molecule has 1 aromatic carbocycles. The van der Waals surface area contributed by atoms with Gasteiger partial charge in [-0.25, -0.2) is 19.6 Å². The van der Waals surface area contributed by atoms with Crippen LogP contribution in [-0.4, -0.2) is 39.4 Å². The van der Waals surface area contributed by atoms with Crippen LogP contribution in [0, 0.1) is 0 Å². The topological polar surface area (TPSA) is 111 Å². The first kappa shape index (κ1) is 13.4. The van der Waals surface area contributed by atoms with Crippen molar-refractivity contribution in [3.8, 4) is 5.82 Å². The number of anilines is 1. The summed E-state index contributed by atoms with van der Waals surface area (Å²) in [5.74, 6) is 0.585. The van der Waals surface area contributed by atoms with Crippen LogP contribution in [0.5, 0.6) is 0 Å². The minimum atomic E-state index is -0.289. The minimum Gasteiger partial charge on any atom is -0.306 e. The molecule has 0 fully saturated rings. The Hall–Kier alpha value is -3.27. The molecule has 4 aromatic rings. The lowest BCUT2D eigenvalue weighted by Gasteiger charge is -2.05. The highest BCUT2D eigenvalue weighted by Crippen LogP contribution is 2.15. The number of carbonyl (C=O) groups excluding carboxylic acids is 1. The number of hydrogen-bond donors (Lipinski definition) is 1. The van der Waals surface area contributed by atoms with Gasteiger partial charge in [0.25, 0.3) is 5.91 Å². The van der Waals surface area contributed by atoms with Crippen LogP contribution < -0.4 is 5.32 Å². The molecule has 3 heterocycles. The molecule has 0 saturated heterocycles. The Morgan fingerprint density at radius 2 is 2.00 bits per heavy atom. The lowest BCUT2D eigenvalue weighted by Crippen LogP contribution is -2.13. The number of nitrogens with one attached hydrogen (secondary N) is 1. The van der Waals surface area contributed by atoms with Crippen molar-refractivity contribution >= 4 is 34.5 Å². The summed E-state index contributed by atoms with van der Waals surface area (Å²) in [6.07, 6.45) is 4.26. The molecule has 10 heteroatoms. The fourth-order valence-corrected chi connectivity index (χ4v) is 2.50. The number of fused-ring (bicyclic) bond motifs is 1. The van der Waals surface area contributed by atoms with Gasteiger partial charge in [0, 0.05) is 11.6 Å². The Bertz CT molecular complexity index is 980. The average molecular weight is 324 g/mol. The molecule has 4 rings (SSSR count). The van der Waals surface area contributed by atoms with Crippen molar-refractivity contribution in [3.63, 3.8) is 0 Å². The fourth-order valence-electron chi connectivity index (χ4n) is 1.98. The van der Waals surface area contributed by atoms with Gasteiger partial charge < -0.3 is 5.32 Å². The molecule has 0 aliphatic carbocycles. The van der Waals surface area contributed by atoms with E-state index in [0.29, 0.717) is 22.7 Å². The maximum absolute atomic E-state index is 12.3. The highest BCUT2D eigenvalue weighted by molar-refractivity contribution is 7.00. The van der Waals surface area contributed by atoms with E-state index in [9.17, 15) is 4.79 Å². The highest BCUT2D eigenvalue weighted by Gasteiger charge is 2.10. The van der Waals surface area contributed by atoms with Crippen LogP contribution in [0.1, 0.15) is 10.4 Å². The van der Waals surface area contributed by atoms with E-state index in [1.807, 2.05) is 0 Å². The van der Waals surface area contributed by atoms with Crippen LogP contribution in [0.25, 0.3) is 16.9 Å². The van der Waals surface area contributed by atoms with E-state index in [-0.39, 0.29) is 5.91 Å². The van der Waals surface area contributed by atoms with Crippen molar-refractivity contribution < 1.29 is 4.79 Å². The van der Waals surface area contributed by atoms with Gasteiger partial charge in [-0.3, -0.25) is 4.79 Å². The summed E-state index contributed by atoms with van der Waals surface area (Å²) < 4.78 is 9.71. The summed E-state index contributed by atoms with van der Waals surface area (Å²) in [7, 11) is 0. The molecule has 0 unspecified atom stereocenters. The first-order valence-corrected chi connectivity index (χ1v) is 7.23. The average Bonchev–Trinajstić information content (AvgIpc) is 3.26. The first-order valence-electron chi connectivity index (χ1n) is 6.50. The largest absolute Gasteiger partial charge is 0.306 e. The van der Waals surface area contributed by atoms with Gasteiger partial charge in [-0.2, -0.15) is 13.8 Å². The summed E-state index contributed by atoms with van der Waals surface area (Å²) in [4.78, 5) is 24.3. The Morgan fingerprint density at radius 3 is 2.87 bits per heavy atom. The van der Waals surface area contributed by atoms with Crippen LogP contribution in [-0.2, 0) is 0 Å². The zero-order valence-corrected chi connectivity index (χ0v) is 12.3. The van der Waals surface area contributed by atoms with Gasteiger partial charge in [-0.15, -0.1) is 0 Å². The molecular weight excluding hydrogens is 316 g/mol. The molecule has 23 heavy (non-hydrogen) atoms. The smallest absolute Gasteiger partial charge is 0.256 e. The van der Waals surface area contributed by atoms with Crippen molar-refractivity contribution in [1.29, 1.82) is 0 Å². The zero-order valence-electron chi connectivity index (χ0n) is 11.5. The number of carbonyl (C=O) groups is 1. The van der Waals surface area contributed by atoms with Gasteiger partial charge in [-0.1, -0.05) is 0 Å². The van der Waals surface area contributed by atoms with E-state index in [0.717, 1.165) is 17.2 Å². The van der Waals surface area contributed by atoms with Crippen LogP contribution in [0.2, 0.25) is 0 Å². The molecule has 0 atom stereocenters. The molecule has 0 radical (unpaired) electrons. The van der Waals surface area contributed by atoms with Crippen LogP contribution >= 0.6 is 11.7 Å². The fraction of sp³-hybridized carbons (Fsp3) is 0. The molecule has 0 spiro atoms. The third-order valence-electron chi connectivity index (χ3n) is 3.06. The zero-order chi connectivity index (χ0) is 15.6. The predicted molar refractivity (Wildman–Crippen MR) is 82.3 cm³/mol. The number of nitrogens with zero attached hydrogens (tertiary/aromatic N) is 7. The van der Waals surface area contributed by atoms with Gasteiger partial charge in [0.2, 0.25) is 0 Å². The molecule has 0 aliphatic heterocycles. The van der Waals surface area contributed by atoms with E-state index < -0.39 is 0 Å². The predicted octanol–water partition coefficient (Wildman–Crippen LogP) is 1.31. The van der Waals surface area contributed by atoms with Crippen LogP contribution in [0.15, 0.2) is 43.2 Å². The Kier molecular flexibility index (Phi) is 3.20. The number of rotatable bonds is 3. The van der Waals surface area contributed by atoms with Crippen LogP contribution in [0.3, 0.4) is 0 Å². The SMILES string of the molecule is O=C(Nc1cc(-n2cncn2)ncn1)c1ccc2nsnc2c1. The summed E-state index contributed by atoms with van der Waals surface area (Å²) in [5.41, 5.74) is 1.93. The molecular formula is C13H8N8OS. The summed E-state index contributed by atoms with van der Waals surface area (Å²) >= 11 is 1.11. The standard InChI is InChI=1S/C13H8N8OS/c22-13(8-1-2-9-10(3-8)20-23-19-9)18-11-4-12(16-6-15-11)21-7-14-5-17-21/h1-7H,(H,15,16,18,22). The van der Waals surface area contributed by atoms with Crippen molar-refractivity contribution in [1.82, 2.24) is 33.5 Å². The van der Waals surface area contributed by atoms with E-state index in [1.165, 1.54) is 23.7 Å². The second-order valence-electron chi connectivity index (χ2n) is 4.52. The molecule has 1 N–H and O–H groups in total.